The van der Waals surface area contributed by atoms with Crippen molar-refractivity contribution in [3.05, 3.63) is 33.5 Å². The summed E-state index contributed by atoms with van der Waals surface area (Å²) in [6.45, 7) is 2.28. The molecule has 0 bridgehead atoms. The lowest BCUT2D eigenvalue weighted by Crippen LogP contribution is -2.36. The Hall–Kier alpha value is -2.51. The van der Waals surface area contributed by atoms with Gasteiger partial charge in [0.2, 0.25) is 5.82 Å². The van der Waals surface area contributed by atoms with Crippen molar-refractivity contribution in [1.82, 2.24) is 19.5 Å². The highest BCUT2D eigenvalue weighted by molar-refractivity contribution is 7.16. The minimum atomic E-state index is -1.10. The summed E-state index contributed by atoms with van der Waals surface area (Å²) in [5, 5.41) is 24.9. The van der Waals surface area contributed by atoms with Gasteiger partial charge in [-0.2, -0.15) is 0 Å². The van der Waals surface area contributed by atoms with E-state index < -0.39 is 23.7 Å². The molecule has 3 N–H and O–H groups in total. The lowest BCUT2D eigenvalue weighted by Gasteiger charge is -2.23. The Morgan fingerprint density at radius 3 is 2.82 bits per heavy atom. The number of nitrogens with one attached hydrogen (secondary N) is 1. The molecule has 0 amide bonds. The predicted molar refractivity (Wildman–Crippen MR) is 124 cm³/mol. The summed E-state index contributed by atoms with van der Waals surface area (Å²) < 4.78 is 2.44. The molecular formula is C23H22ClN5O3S. The van der Waals surface area contributed by atoms with Gasteiger partial charge in [-0.25, -0.2) is 15.0 Å². The molecule has 0 aliphatic heterocycles. The summed E-state index contributed by atoms with van der Waals surface area (Å²) in [5.41, 5.74) is 0.240. The number of fused-ring (bicyclic) bond motifs is 2. The van der Waals surface area contributed by atoms with E-state index in [2.05, 4.69) is 32.1 Å². The number of thiophene rings is 1. The van der Waals surface area contributed by atoms with Crippen LogP contribution in [-0.2, 0) is 4.79 Å². The lowest BCUT2D eigenvalue weighted by molar-refractivity contribution is -0.128. The first-order valence-corrected chi connectivity index (χ1v) is 12.2. The molecule has 3 aliphatic carbocycles. The molecule has 3 fully saturated rings. The fraction of sp³-hybridized carbons (Fsp3) is 0.478. The minimum absolute atomic E-state index is 0.0893. The highest BCUT2D eigenvalue weighted by Gasteiger charge is 2.74. The van der Waals surface area contributed by atoms with Gasteiger partial charge in [0.1, 0.15) is 11.9 Å². The molecule has 8 nitrogen and oxygen atoms in total. The summed E-state index contributed by atoms with van der Waals surface area (Å²) >= 11 is 7.39. The van der Waals surface area contributed by atoms with E-state index in [0.717, 1.165) is 11.4 Å². The third-order valence-electron chi connectivity index (χ3n) is 7.20. The maximum atomic E-state index is 12.3. The minimum Gasteiger partial charge on any atom is -0.389 e. The van der Waals surface area contributed by atoms with Crippen molar-refractivity contribution in [3.63, 3.8) is 0 Å². The summed E-state index contributed by atoms with van der Waals surface area (Å²) in [6.07, 6.45) is 2.39. The molecule has 5 atom stereocenters. The Labute approximate surface area is 199 Å². The van der Waals surface area contributed by atoms with Gasteiger partial charge in [-0.05, 0) is 62.0 Å². The molecule has 3 aliphatic rings. The van der Waals surface area contributed by atoms with E-state index in [-0.39, 0.29) is 11.7 Å². The maximum Gasteiger partial charge on any atom is 0.209 e. The second-order valence-corrected chi connectivity index (χ2v) is 10.9. The SMILES string of the molecule is CC(=O)[C@@]12CC1[C@@H](n1cnc3c(NCC4CC4)nc(C#Cc4ccc(Cl)s4)nc31)[C@H](O)C2O. The van der Waals surface area contributed by atoms with E-state index in [1.54, 1.807) is 17.0 Å². The van der Waals surface area contributed by atoms with E-state index in [9.17, 15) is 15.0 Å². The highest BCUT2D eigenvalue weighted by Crippen LogP contribution is 2.68. The molecule has 170 valence electrons. The number of aliphatic hydroxyl groups is 2. The van der Waals surface area contributed by atoms with Gasteiger partial charge in [-0.1, -0.05) is 11.6 Å². The van der Waals surface area contributed by atoms with Crippen LogP contribution in [0.3, 0.4) is 0 Å². The van der Waals surface area contributed by atoms with Gasteiger partial charge in [-0.3, -0.25) is 4.79 Å². The Bertz CT molecular complexity index is 1340. The lowest BCUT2D eigenvalue weighted by atomic mass is 9.95. The number of nitrogens with zero attached hydrogens (tertiary/aromatic N) is 4. The molecule has 0 aromatic carbocycles. The van der Waals surface area contributed by atoms with Gasteiger partial charge in [0.05, 0.1) is 33.1 Å². The molecule has 10 heteroatoms. The molecular weight excluding hydrogens is 462 g/mol. The molecule has 3 aromatic heterocycles. The maximum absolute atomic E-state index is 12.3. The van der Waals surface area contributed by atoms with Crippen LogP contribution < -0.4 is 5.32 Å². The van der Waals surface area contributed by atoms with Crippen LogP contribution >= 0.6 is 22.9 Å². The van der Waals surface area contributed by atoms with Crippen LogP contribution in [0.5, 0.6) is 0 Å². The number of aromatic nitrogens is 4. The zero-order valence-corrected chi connectivity index (χ0v) is 19.4. The number of Topliss-reactive ketones (excluding diaryl/α,β-unsaturated/α-hetero) is 1. The largest absolute Gasteiger partial charge is 0.389 e. The van der Waals surface area contributed by atoms with Crippen LogP contribution in [-0.4, -0.2) is 54.3 Å². The number of imidazole rings is 1. The number of carbonyl (C=O) groups is 1. The summed E-state index contributed by atoms with van der Waals surface area (Å²) in [4.78, 5) is 26.9. The summed E-state index contributed by atoms with van der Waals surface area (Å²) in [5.74, 6) is 7.39. The zero-order chi connectivity index (χ0) is 22.9. The predicted octanol–water partition coefficient (Wildman–Crippen LogP) is 2.63. The first-order valence-electron chi connectivity index (χ1n) is 11.0. The molecule has 2 unspecified atom stereocenters. The van der Waals surface area contributed by atoms with Gasteiger partial charge < -0.3 is 20.1 Å². The molecule has 0 radical (unpaired) electrons. The van der Waals surface area contributed by atoms with E-state index in [4.69, 9.17) is 11.6 Å². The molecule has 3 saturated carbocycles. The van der Waals surface area contributed by atoms with Crippen molar-refractivity contribution in [2.45, 2.75) is 44.4 Å². The Balaban J connectivity index is 1.42. The number of ketones is 1. The van der Waals surface area contributed by atoms with Crippen molar-refractivity contribution in [2.75, 3.05) is 11.9 Å². The number of hydrogen-bond donors (Lipinski definition) is 3. The van der Waals surface area contributed by atoms with Gasteiger partial charge in [0.15, 0.2) is 17.0 Å². The first kappa shape index (κ1) is 21.1. The van der Waals surface area contributed by atoms with E-state index in [1.807, 2.05) is 6.07 Å². The van der Waals surface area contributed by atoms with Crippen LogP contribution in [0.15, 0.2) is 18.5 Å². The fourth-order valence-electron chi connectivity index (χ4n) is 5.15. The van der Waals surface area contributed by atoms with E-state index >= 15 is 0 Å². The van der Waals surface area contributed by atoms with Crippen molar-refractivity contribution in [2.24, 2.45) is 17.3 Å². The fourth-order valence-corrected chi connectivity index (χ4v) is 6.04. The Morgan fingerprint density at radius 2 is 2.15 bits per heavy atom. The average Bonchev–Trinajstić information content (AvgIpc) is 3.65. The smallest absolute Gasteiger partial charge is 0.209 e. The van der Waals surface area contributed by atoms with Gasteiger partial charge in [0.25, 0.3) is 0 Å². The summed E-state index contributed by atoms with van der Waals surface area (Å²) in [7, 11) is 0. The molecule has 0 spiro atoms. The van der Waals surface area contributed by atoms with Crippen LogP contribution in [0, 0.1) is 29.1 Å². The van der Waals surface area contributed by atoms with Crippen LogP contribution in [0.4, 0.5) is 5.82 Å². The second-order valence-electron chi connectivity index (χ2n) is 9.23. The Kier molecular flexibility index (Phi) is 4.79. The van der Waals surface area contributed by atoms with Crippen LogP contribution in [0.25, 0.3) is 11.2 Å². The molecule has 3 heterocycles. The topological polar surface area (TPSA) is 113 Å². The molecule has 33 heavy (non-hydrogen) atoms. The van der Waals surface area contributed by atoms with Crippen LogP contribution in [0.2, 0.25) is 4.34 Å². The third-order valence-corrected chi connectivity index (χ3v) is 8.34. The van der Waals surface area contributed by atoms with Crippen molar-refractivity contribution in [3.8, 4) is 11.8 Å². The number of aliphatic hydroxyl groups excluding tert-OH is 2. The third kappa shape index (κ3) is 3.36. The average molecular weight is 484 g/mol. The number of carbonyl (C=O) groups excluding carboxylic acids is 1. The molecule has 6 rings (SSSR count). The number of halogens is 1. The van der Waals surface area contributed by atoms with E-state index in [0.29, 0.717) is 39.5 Å². The number of rotatable bonds is 5. The quantitative estimate of drug-likeness (QED) is 0.478. The van der Waals surface area contributed by atoms with E-state index in [1.165, 1.54) is 31.1 Å². The number of hydrogen-bond acceptors (Lipinski definition) is 8. The number of anilines is 1. The highest BCUT2D eigenvalue weighted by atomic mass is 35.5. The summed E-state index contributed by atoms with van der Waals surface area (Å²) in [6, 6.07) is 3.15. The van der Waals surface area contributed by atoms with Crippen molar-refractivity contribution >= 4 is 45.7 Å². The van der Waals surface area contributed by atoms with Crippen molar-refractivity contribution < 1.29 is 15.0 Å². The zero-order valence-electron chi connectivity index (χ0n) is 17.8. The normalized spacial score (nSPS) is 30.1. The van der Waals surface area contributed by atoms with Crippen molar-refractivity contribution in [1.29, 1.82) is 0 Å². The van der Waals surface area contributed by atoms with Crippen LogP contribution in [0.1, 0.15) is 42.9 Å². The molecule has 0 saturated heterocycles. The standard InChI is InChI=1S/C23H22ClN5O3S/c1-11(30)23-8-14(23)18(19(31)20(23)32)29-10-26-17-21(25-9-12-2-3-12)27-16(28-22(17)29)7-5-13-4-6-15(24)33-13/h4,6,10,12,14,18-20,31-32H,2-3,8-9H2,1H3,(H,25,27,28)/t14?,18-,19+,20?,23+/m1/s1. The van der Waals surface area contributed by atoms with Gasteiger partial charge >= 0.3 is 0 Å². The molecule has 3 aromatic rings. The van der Waals surface area contributed by atoms with Gasteiger partial charge in [-0.15, -0.1) is 11.3 Å². The Morgan fingerprint density at radius 1 is 1.33 bits per heavy atom. The monoisotopic (exact) mass is 483 g/mol. The van der Waals surface area contributed by atoms with Gasteiger partial charge in [0, 0.05) is 6.54 Å². The first-order chi connectivity index (χ1) is 15.9. The second kappa shape index (κ2) is 7.50.